The first-order valence-corrected chi connectivity index (χ1v) is 10.2. The zero-order valence-corrected chi connectivity index (χ0v) is 16.8. The number of fused-ring (bicyclic) bond motifs is 3. The number of hydrogen-bond donors (Lipinski definition) is 0. The standard InChI is InChI=1S/C24H22FN3O2/c1-27-21-5-3-2-4-19(21)20-8-7-17(12-22(20)27)28-11-10-18(13-24(28)29)30-15-16-6-9-23(25)26-14-16/h6-14H,2-5,15H2,1H3. The Labute approximate surface area is 173 Å². The number of aromatic nitrogens is 3. The quantitative estimate of drug-likeness (QED) is 0.477. The van der Waals surface area contributed by atoms with Crippen LogP contribution >= 0.6 is 0 Å². The number of halogens is 1. The average molecular weight is 403 g/mol. The van der Waals surface area contributed by atoms with Gasteiger partial charge in [-0.25, -0.2) is 4.98 Å². The van der Waals surface area contributed by atoms with Crippen molar-refractivity contribution < 1.29 is 9.13 Å². The predicted molar refractivity (Wildman–Crippen MR) is 114 cm³/mol. The fourth-order valence-electron chi connectivity index (χ4n) is 4.32. The summed E-state index contributed by atoms with van der Waals surface area (Å²) in [5, 5.41) is 1.29. The van der Waals surface area contributed by atoms with E-state index < -0.39 is 5.95 Å². The van der Waals surface area contributed by atoms with Crippen molar-refractivity contribution in [2.45, 2.75) is 32.3 Å². The number of benzene rings is 1. The van der Waals surface area contributed by atoms with Crippen molar-refractivity contribution in [3.05, 3.63) is 88.0 Å². The molecule has 0 fully saturated rings. The third kappa shape index (κ3) is 3.28. The Balaban J connectivity index is 1.43. The van der Waals surface area contributed by atoms with Gasteiger partial charge < -0.3 is 9.30 Å². The minimum atomic E-state index is -0.530. The summed E-state index contributed by atoms with van der Waals surface area (Å²) in [5.41, 5.74) is 5.44. The van der Waals surface area contributed by atoms with Gasteiger partial charge in [0.2, 0.25) is 5.95 Å². The molecule has 5 rings (SSSR count). The number of ether oxygens (including phenoxy) is 1. The molecule has 0 saturated heterocycles. The lowest BCUT2D eigenvalue weighted by atomic mass is 9.95. The van der Waals surface area contributed by atoms with Crippen LogP contribution in [0.3, 0.4) is 0 Å². The fraction of sp³-hybridized carbons (Fsp3) is 0.250. The van der Waals surface area contributed by atoms with Crippen LogP contribution in [0.2, 0.25) is 0 Å². The first-order valence-electron chi connectivity index (χ1n) is 10.2. The summed E-state index contributed by atoms with van der Waals surface area (Å²) in [6.45, 7) is 0.220. The van der Waals surface area contributed by atoms with E-state index in [2.05, 4.69) is 28.7 Å². The van der Waals surface area contributed by atoms with E-state index in [1.54, 1.807) is 22.9 Å². The van der Waals surface area contributed by atoms with E-state index in [1.165, 1.54) is 47.8 Å². The zero-order valence-electron chi connectivity index (χ0n) is 16.8. The molecule has 0 spiro atoms. The lowest BCUT2D eigenvalue weighted by Crippen LogP contribution is -2.16. The Hall–Kier alpha value is -3.41. The van der Waals surface area contributed by atoms with Gasteiger partial charge in [-0.3, -0.25) is 9.36 Å². The molecule has 30 heavy (non-hydrogen) atoms. The molecule has 0 radical (unpaired) electrons. The number of nitrogens with zero attached hydrogens (tertiary/aromatic N) is 3. The van der Waals surface area contributed by atoms with Gasteiger partial charge in [0.25, 0.3) is 5.56 Å². The summed E-state index contributed by atoms with van der Waals surface area (Å²) in [6, 6.07) is 12.3. The normalized spacial score (nSPS) is 13.4. The Bertz CT molecular complexity index is 1290. The van der Waals surface area contributed by atoms with Gasteiger partial charge in [0, 0.05) is 42.2 Å². The fourth-order valence-corrected chi connectivity index (χ4v) is 4.32. The molecule has 6 heteroatoms. The van der Waals surface area contributed by atoms with E-state index in [4.69, 9.17) is 4.74 Å². The number of rotatable bonds is 4. The molecular formula is C24H22FN3O2. The van der Waals surface area contributed by atoms with Gasteiger partial charge in [0.05, 0.1) is 11.2 Å². The second kappa shape index (κ2) is 7.44. The molecule has 152 valence electrons. The molecule has 0 bridgehead atoms. The van der Waals surface area contributed by atoms with Crippen LogP contribution < -0.4 is 10.3 Å². The zero-order chi connectivity index (χ0) is 20.7. The molecule has 0 saturated carbocycles. The highest BCUT2D eigenvalue weighted by Crippen LogP contribution is 2.32. The van der Waals surface area contributed by atoms with E-state index in [1.807, 2.05) is 6.07 Å². The molecule has 4 aromatic rings. The van der Waals surface area contributed by atoms with Crippen LogP contribution in [0, 0.1) is 5.95 Å². The molecule has 0 unspecified atom stereocenters. The van der Waals surface area contributed by atoms with Crippen LogP contribution in [0.15, 0.2) is 59.7 Å². The van der Waals surface area contributed by atoms with E-state index in [0.717, 1.165) is 29.6 Å². The van der Waals surface area contributed by atoms with Gasteiger partial charge in [-0.05, 0) is 61.6 Å². The topological polar surface area (TPSA) is 49.0 Å². The van der Waals surface area contributed by atoms with Gasteiger partial charge in [0.15, 0.2) is 0 Å². The van der Waals surface area contributed by atoms with E-state index in [9.17, 15) is 9.18 Å². The molecule has 5 nitrogen and oxygen atoms in total. The lowest BCUT2D eigenvalue weighted by Gasteiger charge is -2.12. The summed E-state index contributed by atoms with van der Waals surface area (Å²) < 4.78 is 22.5. The van der Waals surface area contributed by atoms with Crippen molar-refractivity contribution in [3.63, 3.8) is 0 Å². The van der Waals surface area contributed by atoms with Crippen LogP contribution in [0.5, 0.6) is 5.75 Å². The first-order chi connectivity index (χ1) is 14.6. The maximum absolute atomic E-state index is 12.9. The molecule has 1 aliphatic rings. The number of pyridine rings is 2. The SMILES string of the molecule is Cn1c2c(c3ccc(-n4ccc(OCc5ccc(F)nc5)cc4=O)cc31)CCCC2. The van der Waals surface area contributed by atoms with E-state index >= 15 is 0 Å². The van der Waals surface area contributed by atoms with E-state index in [0.29, 0.717) is 5.75 Å². The summed E-state index contributed by atoms with van der Waals surface area (Å²) >= 11 is 0. The second-order valence-electron chi connectivity index (χ2n) is 7.74. The van der Waals surface area contributed by atoms with Gasteiger partial charge in [-0.1, -0.05) is 6.07 Å². The molecule has 0 atom stereocenters. The van der Waals surface area contributed by atoms with Gasteiger partial charge >= 0.3 is 0 Å². The van der Waals surface area contributed by atoms with Crippen molar-refractivity contribution in [1.82, 2.24) is 14.1 Å². The maximum atomic E-state index is 12.9. The van der Waals surface area contributed by atoms with Crippen LogP contribution in [-0.2, 0) is 26.5 Å². The van der Waals surface area contributed by atoms with Crippen LogP contribution in [0.25, 0.3) is 16.6 Å². The van der Waals surface area contributed by atoms with Crippen molar-refractivity contribution in [3.8, 4) is 11.4 Å². The Morgan fingerprint density at radius 3 is 2.77 bits per heavy atom. The van der Waals surface area contributed by atoms with Crippen molar-refractivity contribution in [2.24, 2.45) is 7.05 Å². The third-order valence-corrected chi connectivity index (χ3v) is 5.87. The van der Waals surface area contributed by atoms with E-state index in [-0.39, 0.29) is 12.2 Å². The maximum Gasteiger partial charge on any atom is 0.258 e. The molecule has 3 heterocycles. The van der Waals surface area contributed by atoms with Gasteiger partial charge in [-0.2, -0.15) is 4.39 Å². The molecule has 3 aromatic heterocycles. The molecule has 1 aromatic carbocycles. The highest BCUT2D eigenvalue weighted by atomic mass is 19.1. The largest absolute Gasteiger partial charge is 0.489 e. The Kier molecular flexibility index (Phi) is 4.62. The highest BCUT2D eigenvalue weighted by Gasteiger charge is 2.18. The van der Waals surface area contributed by atoms with Gasteiger partial charge in [0.1, 0.15) is 12.4 Å². The molecule has 1 aliphatic carbocycles. The van der Waals surface area contributed by atoms with Gasteiger partial charge in [-0.15, -0.1) is 0 Å². The monoisotopic (exact) mass is 403 g/mol. The van der Waals surface area contributed by atoms with Crippen LogP contribution in [-0.4, -0.2) is 14.1 Å². The third-order valence-electron chi connectivity index (χ3n) is 5.87. The summed E-state index contributed by atoms with van der Waals surface area (Å²) in [4.78, 5) is 16.3. The minimum Gasteiger partial charge on any atom is -0.489 e. The van der Waals surface area contributed by atoms with Crippen molar-refractivity contribution in [2.75, 3.05) is 0 Å². The Morgan fingerprint density at radius 2 is 1.97 bits per heavy atom. The summed E-state index contributed by atoms with van der Waals surface area (Å²) in [7, 11) is 2.11. The van der Waals surface area contributed by atoms with Crippen LogP contribution in [0.1, 0.15) is 29.7 Å². The second-order valence-corrected chi connectivity index (χ2v) is 7.74. The first kappa shape index (κ1) is 18.6. The molecular weight excluding hydrogens is 381 g/mol. The number of hydrogen-bond acceptors (Lipinski definition) is 3. The molecule has 0 aliphatic heterocycles. The molecule has 0 amide bonds. The lowest BCUT2D eigenvalue weighted by molar-refractivity contribution is 0.304. The highest BCUT2D eigenvalue weighted by molar-refractivity contribution is 5.87. The average Bonchev–Trinajstić information content (AvgIpc) is 3.05. The summed E-state index contributed by atoms with van der Waals surface area (Å²) in [5.74, 6) is -0.0617. The Morgan fingerprint density at radius 1 is 1.10 bits per heavy atom. The summed E-state index contributed by atoms with van der Waals surface area (Å²) in [6.07, 6.45) is 7.87. The minimum absolute atomic E-state index is 0.164. The van der Waals surface area contributed by atoms with Crippen molar-refractivity contribution in [1.29, 1.82) is 0 Å². The number of aryl methyl sites for hydroxylation is 2. The van der Waals surface area contributed by atoms with Crippen molar-refractivity contribution >= 4 is 10.9 Å². The van der Waals surface area contributed by atoms with Crippen LogP contribution in [0.4, 0.5) is 4.39 Å². The molecule has 0 N–H and O–H groups in total. The predicted octanol–water partition coefficient (Wildman–Crippen LogP) is 4.32. The smallest absolute Gasteiger partial charge is 0.258 e.